The van der Waals surface area contributed by atoms with Crippen molar-refractivity contribution in [1.29, 1.82) is 0 Å². The van der Waals surface area contributed by atoms with Crippen LogP contribution in [0.4, 0.5) is 41.6 Å². The maximum atomic E-state index is 13.5. The third kappa shape index (κ3) is 8.26. The van der Waals surface area contributed by atoms with E-state index in [1.54, 1.807) is 72.8 Å². The predicted octanol–water partition coefficient (Wildman–Crippen LogP) is 10.8. The average molecular weight is 738 g/mol. The first-order valence-electron chi connectivity index (χ1n) is 15.7. The highest BCUT2D eigenvalue weighted by Gasteiger charge is 2.31. The Hall–Kier alpha value is -6.73. The fraction of sp³-hybridized carbons (Fsp3) is 0.0513. The number of hydrogen-bond acceptors (Lipinski definition) is 7. The highest BCUT2D eigenvalue weighted by Crippen LogP contribution is 2.41. The molecule has 6 rings (SSSR count). The standard InChI is InChI=1S/C39H27ClF3N5O5/c1-53-33-18-11-24(37(51)46-31-21-25(39(41,42)43)12-17-30(31)40)20-32(33)47-48-34-28-10-6-5-9-23(28)19-29(35(34)49)38(52)45-27-15-13-26(14-16-27)44-36(50)22-7-3-2-4-8-22/h2-21,49H,1H3,(H,44,50)(H,45,52)(H,46,51). The number of phenolic OH excluding ortho intramolecular Hbond substituents is 1. The van der Waals surface area contributed by atoms with Gasteiger partial charge in [0.1, 0.15) is 17.1 Å². The monoisotopic (exact) mass is 737 g/mol. The van der Waals surface area contributed by atoms with Gasteiger partial charge in [0.25, 0.3) is 11.8 Å². The molecule has 0 saturated heterocycles. The molecule has 0 heterocycles. The number of aromatic hydroxyl groups is 1. The fourth-order valence-electron chi connectivity index (χ4n) is 5.18. The van der Waals surface area contributed by atoms with Crippen LogP contribution in [0.1, 0.15) is 31.8 Å². The summed E-state index contributed by atoms with van der Waals surface area (Å²) in [5.41, 5.74) is 0.0154. The maximum absolute atomic E-state index is 13.5. The van der Waals surface area contributed by atoms with Gasteiger partial charge in [-0.15, -0.1) is 10.2 Å². The minimum Gasteiger partial charge on any atom is -0.505 e. The molecule has 0 atom stereocenters. The summed E-state index contributed by atoms with van der Waals surface area (Å²) in [7, 11) is 1.37. The first-order chi connectivity index (χ1) is 25.4. The molecule has 14 heteroatoms. The second-order valence-corrected chi connectivity index (χ2v) is 11.8. The van der Waals surface area contributed by atoms with Gasteiger partial charge >= 0.3 is 6.18 Å². The third-order valence-electron chi connectivity index (χ3n) is 7.87. The van der Waals surface area contributed by atoms with E-state index >= 15 is 0 Å². The lowest BCUT2D eigenvalue weighted by Gasteiger charge is -2.12. The van der Waals surface area contributed by atoms with Crippen LogP contribution in [0.2, 0.25) is 5.02 Å². The number of alkyl halides is 3. The molecule has 0 radical (unpaired) electrons. The van der Waals surface area contributed by atoms with Gasteiger partial charge in [0, 0.05) is 27.9 Å². The minimum absolute atomic E-state index is 0.0427. The van der Waals surface area contributed by atoms with Crippen molar-refractivity contribution in [2.75, 3.05) is 17.7 Å². The molecule has 10 nitrogen and oxygen atoms in total. The second-order valence-electron chi connectivity index (χ2n) is 11.4. The molecule has 53 heavy (non-hydrogen) atoms. The zero-order valence-corrected chi connectivity index (χ0v) is 28.3. The van der Waals surface area contributed by atoms with E-state index in [9.17, 15) is 33.0 Å². The SMILES string of the molecule is COc1ccc(C(O)=Nc2cc(C(F)(F)F)ccc2Cl)cc1N=Nc1c(O)c(C(=O)Nc2ccc(NC(=O)c3ccccc3)cc2)cc2ccccc12. The molecule has 2 amide bonds. The fourth-order valence-corrected chi connectivity index (χ4v) is 5.34. The second kappa shape index (κ2) is 15.3. The van der Waals surface area contributed by atoms with Crippen molar-refractivity contribution in [3.63, 3.8) is 0 Å². The summed E-state index contributed by atoms with van der Waals surface area (Å²) in [6.07, 6.45) is -4.65. The molecule has 0 aromatic heterocycles. The largest absolute Gasteiger partial charge is 0.505 e. The summed E-state index contributed by atoms with van der Waals surface area (Å²) in [4.78, 5) is 29.9. The number of nitrogens with zero attached hydrogens (tertiary/aromatic N) is 3. The number of benzene rings is 6. The average Bonchev–Trinajstić information content (AvgIpc) is 3.15. The lowest BCUT2D eigenvalue weighted by atomic mass is 10.0. The number of halogens is 4. The maximum Gasteiger partial charge on any atom is 0.416 e. The Morgan fingerprint density at radius 2 is 1.40 bits per heavy atom. The van der Waals surface area contributed by atoms with Crippen molar-refractivity contribution in [2.45, 2.75) is 6.18 Å². The molecule has 0 aliphatic heterocycles. The number of nitrogens with one attached hydrogen (secondary N) is 2. The van der Waals surface area contributed by atoms with Crippen molar-refractivity contribution in [3.8, 4) is 11.5 Å². The van der Waals surface area contributed by atoms with E-state index in [4.69, 9.17) is 16.3 Å². The number of hydrogen-bond donors (Lipinski definition) is 4. The number of carbonyl (C=O) groups is 2. The Balaban J connectivity index is 1.28. The molecule has 6 aromatic rings. The van der Waals surface area contributed by atoms with Crippen molar-refractivity contribution in [2.24, 2.45) is 15.2 Å². The molecule has 0 aliphatic rings. The summed E-state index contributed by atoms with van der Waals surface area (Å²) in [6.45, 7) is 0. The topological polar surface area (TPSA) is 145 Å². The van der Waals surface area contributed by atoms with Gasteiger partial charge < -0.3 is 25.6 Å². The number of rotatable bonds is 9. The van der Waals surface area contributed by atoms with Gasteiger partial charge in [0.15, 0.2) is 5.75 Å². The predicted molar refractivity (Wildman–Crippen MR) is 197 cm³/mol. The molecule has 6 aromatic carbocycles. The molecule has 266 valence electrons. The van der Waals surface area contributed by atoms with Gasteiger partial charge in [-0.3, -0.25) is 9.59 Å². The van der Waals surface area contributed by atoms with Crippen molar-refractivity contribution in [1.82, 2.24) is 0 Å². The highest BCUT2D eigenvalue weighted by atomic mass is 35.5. The van der Waals surface area contributed by atoms with E-state index in [-0.39, 0.29) is 44.9 Å². The van der Waals surface area contributed by atoms with Gasteiger partial charge in [-0.05, 0) is 84.2 Å². The first-order valence-corrected chi connectivity index (χ1v) is 16.1. The number of methoxy groups -OCH3 is 1. The zero-order valence-electron chi connectivity index (χ0n) is 27.5. The Bertz CT molecular complexity index is 2400. The van der Waals surface area contributed by atoms with Gasteiger partial charge in [0.2, 0.25) is 5.90 Å². The van der Waals surface area contributed by atoms with Crippen LogP contribution in [0.15, 0.2) is 137 Å². The number of aliphatic hydroxyl groups is 1. The Morgan fingerprint density at radius 1 is 0.736 bits per heavy atom. The molecular weight excluding hydrogens is 711 g/mol. The number of aliphatic hydroxyl groups excluding tert-OH is 1. The van der Waals surface area contributed by atoms with Gasteiger partial charge in [-0.1, -0.05) is 54.1 Å². The van der Waals surface area contributed by atoms with Crippen LogP contribution < -0.4 is 15.4 Å². The smallest absolute Gasteiger partial charge is 0.416 e. The minimum atomic E-state index is -4.65. The van der Waals surface area contributed by atoms with Crippen LogP contribution in [-0.4, -0.2) is 35.0 Å². The van der Waals surface area contributed by atoms with Crippen LogP contribution in [0.5, 0.6) is 11.5 Å². The van der Waals surface area contributed by atoms with Crippen LogP contribution >= 0.6 is 11.6 Å². The lowest BCUT2D eigenvalue weighted by molar-refractivity contribution is -0.137. The molecule has 0 bridgehead atoms. The highest BCUT2D eigenvalue weighted by molar-refractivity contribution is 6.33. The Kier molecular flexibility index (Phi) is 10.4. The van der Waals surface area contributed by atoms with Crippen LogP contribution in [-0.2, 0) is 6.18 Å². The molecule has 0 unspecified atom stereocenters. The zero-order chi connectivity index (χ0) is 37.7. The van der Waals surface area contributed by atoms with E-state index in [0.29, 0.717) is 33.8 Å². The number of anilines is 2. The van der Waals surface area contributed by atoms with Gasteiger partial charge in [-0.2, -0.15) is 13.2 Å². The van der Waals surface area contributed by atoms with Gasteiger partial charge in [0.05, 0.1) is 28.9 Å². The number of azo groups is 1. The molecule has 0 spiro atoms. The summed E-state index contributed by atoms with van der Waals surface area (Å²) in [6, 6.07) is 30.2. The molecule has 0 fully saturated rings. The lowest BCUT2D eigenvalue weighted by Crippen LogP contribution is -2.13. The summed E-state index contributed by atoms with van der Waals surface area (Å²) in [5, 5.41) is 37.1. The molecule has 0 aliphatic carbocycles. The third-order valence-corrected chi connectivity index (χ3v) is 8.19. The van der Waals surface area contributed by atoms with Crippen LogP contribution in [0.3, 0.4) is 0 Å². The molecule has 0 saturated carbocycles. The summed E-state index contributed by atoms with van der Waals surface area (Å²) >= 11 is 6.05. The number of phenols is 1. The van der Waals surface area contributed by atoms with Crippen molar-refractivity contribution in [3.05, 3.63) is 149 Å². The number of aliphatic imine (C=N–C) groups is 1. The van der Waals surface area contributed by atoms with E-state index in [0.717, 1.165) is 12.1 Å². The van der Waals surface area contributed by atoms with E-state index in [2.05, 4.69) is 25.9 Å². The normalized spacial score (nSPS) is 11.8. The number of amides is 2. The summed E-state index contributed by atoms with van der Waals surface area (Å²) in [5.74, 6) is -1.89. The van der Waals surface area contributed by atoms with Gasteiger partial charge in [-0.25, -0.2) is 4.99 Å². The Morgan fingerprint density at radius 3 is 2.08 bits per heavy atom. The van der Waals surface area contributed by atoms with Crippen molar-refractivity contribution < 1.29 is 37.7 Å². The molecule has 4 N–H and O–H groups in total. The van der Waals surface area contributed by atoms with Crippen LogP contribution in [0, 0.1) is 0 Å². The van der Waals surface area contributed by atoms with Crippen molar-refractivity contribution >= 4 is 68.5 Å². The number of ether oxygens (including phenoxy) is 1. The summed E-state index contributed by atoms with van der Waals surface area (Å²) < 4.78 is 45.2. The Labute approximate surface area is 304 Å². The van der Waals surface area contributed by atoms with E-state index in [1.807, 2.05) is 6.07 Å². The first kappa shape index (κ1) is 36.1. The molecular formula is C39H27ClF3N5O5. The van der Waals surface area contributed by atoms with E-state index in [1.165, 1.54) is 31.4 Å². The quantitative estimate of drug-likeness (QED) is 0.0663. The van der Waals surface area contributed by atoms with Crippen LogP contribution in [0.25, 0.3) is 10.8 Å². The number of fused-ring (bicyclic) bond motifs is 1. The van der Waals surface area contributed by atoms with E-state index < -0.39 is 29.3 Å². The number of carbonyl (C=O) groups excluding carboxylic acids is 2.